The van der Waals surface area contributed by atoms with Gasteiger partial charge in [0, 0.05) is 15.7 Å². The van der Waals surface area contributed by atoms with Crippen molar-refractivity contribution in [3.05, 3.63) is 52.5 Å². The highest BCUT2D eigenvalue weighted by Crippen LogP contribution is 2.28. The van der Waals surface area contributed by atoms with Crippen LogP contribution >= 0.6 is 35.4 Å². The highest BCUT2D eigenvalue weighted by atomic mass is 35.5. The number of rotatable bonds is 3. The van der Waals surface area contributed by atoms with E-state index >= 15 is 0 Å². The third-order valence-electron chi connectivity index (χ3n) is 2.19. The van der Waals surface area contributed by atoms with Gasteiger partial charge in [0.05, 0.1) is 0 Å². The monoisotopic (exact) mass is 312 g/mol. The van der Waals surface area contributed by atoms with E-state index in [2.05, 4.69) is 5.32 Å². The summed E-state index contributed by atoms with van der Waals surface area (Å²) in [4.78, 5) is 0. The van der Waals surface area contributed by atoms with E-state index in [0.29, 0.717) is 21.5 Å². The van der Waals surface area contributed by atoms with E-state index in [1.807, 2.05) is 0 Å². The van der Waals surface area contributed by atoms with E-state index in [1.54, 1.807) is 42.5 Å². The molecule has 0 saturated carbocycles. The van der Waals surface area contributed by atoms with Gasteiger partial charge in [-0.3, -0.25) is 0 Å². The Morgan fingerprint density at radius 3 is 2.11 bits per heavy atom. The van der Waals surface area contributed by atoms with Crippen LogP contribution in [0.25, 0.3) is 0 Å². The fourth-order valence-electron chi connectivity index (χ4n) is 1.47. The van der Waals surface area contributed by atoms with Crippen LogP contribution in [0.1, 0.15) is 0 Å². The SMILES string of the molecule is NC(=S)Nc1ccc(Oc2cc(Cl)cc(Cl)c2)cc1. The molecule has 2 aromatic rings. The molecular weight excluding hydrogens is 303 g/mol. The second-order valence-electron chi connectivity index (χ2n) is 3.72. The Labute approximate surface area is 126 Å². The number of hydrogen-bond donors (Lipinski definition) is 2. The van der Waals surface area contributed by atoms with Crippen LogP contribution in [0.2, 0.25) is 10.0 Å². The van der Waals surface area contributed by atoms with Crippen molar-refractivity contribution < 1.29 is 4.74 Å². The summed E-state index contributed by atoms with van der Waals surface area (Å²) in [5.41, 5.74) is 6.17. The second-order valence-corrected chi connectivity index (χ2v) is 5.03. The van der Waals surface area contributed by atoms with Crippen LogP contribution in [0.5, 0.6) is 11.5 Å². The van der Waals surface area contributed by atoms with Crippen molar-refractivity contribution in [3.63, 3.8) is 0 Å². The fraction of sp³-hybridized carbons (Fsp3) is 0. The van der Waals surface area contributed by atoms with E-state index in [4.69, 9.17) is 45.9 Å². The summed E-state index contributed by atoms with van der Waals surface area (Å²) in [6.45, 7) is 0. The van der Waals surface area contributed by atoms with Gasteiger partial charge in [-0.1, -0.05) is 23.2 Å². The lowest BCUT2D eigenvalue weighted by molar-refractivity contribution is 0.483. The van der Waals surface area contributed by atoms with Crippen molar-refractivity contribution in [1.29, 1.82) is 0 Å². The zero-order chi connectivity index (χ0) is 13.8. The summed E-state index contributed by atoms with van der Waals surface area (Å²) < 4.78 is 5.64. The van der Waals surface area contributed by atoms with E-state index < -0.39 is 0 Å². The molecule has 0 aliphatic rings. The molecule has 0 aliphatic carbocycles. The molecule has 0 aliphatic heterocycles. The average molecular weight is 313 g/mol. The highest BCUT2D eigenvalue weighted by Gasteiger charge is 2.01. The summed E-state index contributed by atoms with van der Waals surface area (Å²) in [6.07, 6.45) is 0. The molecule has 0 aromatic heterocycles. The first-order chi connectivity index (χ1) is 9.02. The molecule has 0 radical (unpaired) electrons. The Hall–Kier alpha value is -1.49. The summed E-state index contributed by atoms with van der Waals surface area (Å²) in [7, 11) is 0. The third kappa shape index (κ3) is 4.28. The number of nitrogens with one attached hydrogen (secondary N) is 1. The lowest BCUT2D eigenvalue weighted by Crippen LogP contribution is -2.18. The minimum Gasteiger partial charge on any atom is -0.457 e. The fourth-order valence-corrected chi connectivity index (χ4v) is 2.10. The van der Waals surface area contributed by atoms with Crippen molar-refractivity contribution in [3.8, 4) is 11.5 Å². The minimum atomic E-state index is 0.218. The van der Waals surface area contributed by atoms with Gasteiger partial charge in [-0.15, -0.1) is 0 Å². The number of anilines is 1. The van der Waals surface area contributed by atoms with Gasteiger partial charge < -0.3 is 15.8 Å². The normalized spacial score (nSPS) is 10.0. The third-order valence-corrected chi connectivity index (χ3v) is 2.73. The van der Waals surface area contributed by atoms with Gasteiger partial charge in [0.15, 0.2) is 5.11 Å². The minimum absolute atomic E-state index is 0.218. The van der Waals surface area contributed by atoms with Gasteiger partial charge in [-0.25, -0.2) is 0 Å². The molecule has 0 amide bonds. The van der Waals surface area contributed by atoms with Gasteiger partial charge in [-0.2, -0.15) is 0 Å². The summed E-state index contributed by atoms with van der Waals surface area (Å²) in [5, 5.41) is 4.09. The van der Waals surface area contributed by atoms with Gasteiger partial charge in [0.25, 0.3) is 0 Å². The maximum atomic E-state index is 5.90. The molecule has 19 heavy (non-hydrogen) atoms. The quantitative estimate of drug-likeness (QED) is 0.822. The molecule has 3 N–H and O–H groups in total. The Balaban J connectivity index is 2.12. The molecule has 6 heteroatoms. The second kappa shape index (κ2) is 6.10. The molecule has 3 nitrogen and oxygen atoms in total. The molecule has 0 heterocycles. The van der Waals surface area contributed by atoms with Crippen LogP contribution in [0.3, 0.4) is 0 Å². The summed E-state index contributed by atoms with van der Waals surface area (Å²) in [6, 6.07) is 12.2. The lowest BCUT2D eigenvalue weighted by Gasteiger charge is -2.08. The maximum Gasteiger partial charge on any atom is 0.168 e. The van der Waals surface area contributed by atoms with E-state index in [0.717, 1.165) is 5.69 Å². The summed E-state index contributed by atoms with van der Waals surface area (Å²) >= 11 is 16.5. The molecule has 0 atom stereocenters. The molecule has 0 unspecified atom stereocenters. The molecule has 0 fully saturated rings. The van der Waals surface area contributed by atoms with Gasteiger partial charge in [0.2, 0.25) is 0 Å². The van der Waals surface area contributed by atoms with Crippen LogP contribution in [-0.2, 0) is 0 Å². The number of thiocarbonyl (C=S) groups is 1. The van der Waals surface area contributed by atoms with Crippen molar-refractivity contribution in [2.24, 2.45) is 5.73 Å². The predicted molar refractivity (Wildman–Crippen MR) is 83.4 cm³/mol. The first kappa shape index (κ1) is 13.9. The molecule has 98 valence electrons. The van der Waals surface area contributed by atoms with Crippen molar-refractivity contribution in [2.45, 2.75) is 0 Å². The Bertz CT molecular complexity index is 582. The van der Waals surface area contributed by atoms with Crippen LogP contribution in [0, 0.1) is 0 Å². The smallest absolute Gasteiger partial charge is 0.168 e. The largest absolute Gasteiger partial charge is 0.457 e. The van der Waals surface area contributed by atoms with Gasteiger partial charge in [-0.05, 0) is 54.7 Å². The standard InChI is InChI=1S/C13H10Cl2N2OS/c14-8-5-9(15)7-12(6-8)18-11-3-1-10(2-4-11)17-13(16)19/h1-7H,(H3,16,17,19). The average Bonchev–Trinajstić information content (AvgIpc) is 2.29. The Morgan fingerprint density at radius 2 is 1.58 bits per heavy atom. The molecular formula is C13H10Cl2N2OS. The van der Waals surface area contributed by atoms with Crippen molar-refractivity contribution in [1.82, 2.24) is 0 Å². The molecule has 2 aromatic carbocycles. The van der Waals surface area contributed by atoms with Gasteiger partial charge >= 0.3 is 0 Å². The number of halogens is 2. The summed E-state index contributed by atoms with van der Waals surface area (Å²) in [5.74, 6) is 1.24. The highest BCUT2D eigenvalue weighted by molar-refractivity contribution is 7.80. The Kier molecular flexibility index (Phi) is 4.47. The van der Waals surface area contributed by atoms with Crippen LogP contribution in [0.15, 0.2) is 42.5 Å². The molecule has 2 rings (SSSR count). The van der Waals surface area contributed by atoms with E-state index in [9.17, 15) is 0 Å². The van der Waals surface area contributed by atoms with Crippen LogP contribution < -0.4 is 15.8 Å². The zero-order valence-corrected chi connectivity index (χ0v) is 12.0. The first-order valence-corrected chi connectivity index (χ1v) is 6.50. The molecule has 0 saturated heterocycles. The van der Waals surface area contributed by atoms with Crippen molar-refractivity contribution in [2.75, 3.05) is 5.32 Å². The van der Waals surface area contributed by atoms with Crippen LogP contribution in [-0.4, -0.2) is 5.11 Å². The first-order valence-electron chi connectivity index (χ1n) is 5.33. The van der Waals surface area contributed by atoms with Crippen LogP contribution in [0.4, 0.5) is 5.69 Å². The number of benzene rings is 2. The molecule has 0 bridgehead atoms. The topological polar surface area (TPSA) is 47.3 Å². The maximum absolute atomic E-state index is 5.90. The van der Waals surface area contributed by atoms with Crippen molar-refractivity contribution >= 4 is 46.2 Å². The number of ether oxygens (including phenoxy) is 1. The van der Waals surface area contributed by atoms with Gasteiger partial charge in [0.1, 0.15) is 11.5 Å². The Morgan fingerprint density at radius 1 is 1.00 bits per heavy atom. The lowest BCUT2D eigenvalue weighted by atomic mass is 10.3. The van der Waals surface area contributed by atoms with E-state index in [1.165, 1.54) is 0 Å². The predicted octanol–water partition coefficient (Wildman–Crippen LogP) is 4.44. The van der Waals surface area contributed by atoms with E-state index in [-0.39, 0.29) is 5.11 Å². The number of hydrogen-bond acceptors (Lipinski definition) is 2. The zero-order valence-electron chi connectivity index (χ0n) is 9.69. The molecule has 0 spiro atoms. The number of nitrogens with two attached hydrogens (primary N) is 1.